The number of hydrogen-bond donors (Lipinski definition) is 2. The average Bonchev–Trinajstić information content (AvgIpc) is 3.32. The Morgan fingerprint density at radius 3 is 2.67 bits per heavy atom. The smallest absolute Gasteiger partial charge is 0.253 e. The zero-order chi connectivity index (χ0) is 23.2. The van der Waals surface area contributed by atoms with Gasteiger partial charge >= 0.3 is 0 Å². The molecule has 1 aromatic carbocycles. The third-order valence-electron chi connectivity index (χ3n) is 6.07. The zero-order valence-electron chi connectivity index (χ0n) is 18.6. The van der Waals surface area contributed by atoms with E-state index in [0.717, 1.165) is 30.4 Å². The molecule has 0 radical (unpaired) electrons. The molecule has 3 atom stereocenters. The number of carbonyl (C=O) groups excluding carboxylic acids is 1. The second-order valence-electron chi connectivity index (χ2n) is 8.50. The number of nitrogens with zero attached hydrogens (tertiary/aromatic N) is 4. The molecule has 1 aliphatic rings. The Morgan fingerprint density at radius 2 is 2.00 bits per heavy atom. The maximum absolute atomic E-state index is 12.7. The Kier molecular flexibility index (Phi) is 7.08. The van der Waals surface area contributed by atoms with E-state index in [1.165, 1.54) is 0 Å². The molecule has 3 aromatic rings. The van der Waals surface area contributed by atoms with Gasteiger partial charge in [0, 0.05) is 55.4 Å². The van der Waals surface area contributed by atoms with Crippen molar-refractivity contribution in [3.05, 3.63) is 95.1 Å². The van der Waals surface area contributed by atoms with Crippen molar-refractivity contribution in [3.8, 4) is 6.07 Å². The third-order valence-corrected chi connectivity index (χ3v) is 6.07. The molecule has 33 heavy (non-hydrogen) atoms. The molecule has 1 aliphatic heterocycles. The predicted octanol–water partition coefficient (Wildman–Crippen LogP) is 3.02. The lowest BCUT2D eigenvalue weighted by atomic mass is 10.0. The van der Waals surface area contributed by atoms with Crippen LogP contribution >= 0.6 is 0 Å². The summed E-state index contributed by atoms with van der Waals surface area (Å²) in [5.41, 5.74) is 3.85. The van der Waals surface area contributed by atoms with Crippen molar-refractivity contribution in [2.75, 3.05) is 7.05 Å². The number of aliphatic hydroxyl groups excluding tert-OH is 1. The SMILES string of the molecule is CN(Cc1cccnc1)C(=O)c1ccc(C[C@@H]2CCC([C@H](O)c3ccc(C#N)nc3)N2)cc1. The molecular weight excluding hydrogens is 414 g/mol. The second kappa shape index (κ2) is 10.3. The highest BCUT2D eigenvalue weighted by atomic mass is 16.3. The standard InChI is InChI=1S/C26H27N5O2/c1-31(17-19-3-2-12-28-15-19)26(33)20-6-4-18(5-7-20)13-22-10-11-24(30-22)25(32)21-8-9-23(14-27)29-16-21/h2-9,12,15-16,22,24-25,30,32H,10-11,13,17H2,1H3/t22-,24?,25+/m0/s1. The van der Waals surface area contributed by atoms with E-state index in [-0.39, 0.29) is 18.0 Å². The van der Waals surface area contributed by atoms with Crippen LogP contribution in [0.2, 0.25) is 0 Å². The summed E-state index contributed by atoms with van der Waals surface area (Å²) in [6.45, 7) is 0.513. The van der Waals surface area contributed by atoms with Crippen molar-refractivity contribution < 1.29 is 9.90 Å². The minimum Gasteiger partial charge on any atom is -0.387 e. The molecule has 2 aromatic heterocycles. The molecular formula is C26H27N5O2. The molecule has 1 amide bonds. The third kappa shape index (κ3) is 5.61. The number of rotatable bonds is 7. The summed E-state index contributed by atoms with van der Waals surface area (Å²) in [4.78, 5) is 22.6. The van der Waals surface area contributed by atoms with Crippen molar-refractivity contribution in [2.45, 2.75) is 44.0 Å². The molecule has 168 valence electrons. The van der Waals surface area contributed by atoms with E-state index in [1.807, 2.05) is 42.5 Å². The van der Waals surface area contributed by atoms with Crippen LogP contribution in [0.15, 0.2) is 67.1 Å². The van der Waals surface area contributed by atoms with E-state index in [2.05, 4.69) is 15.3 Å². The van der Waals surface area contributed by atoms with Crippen LogP contribution in [-0.2, 0) is 13.0 Å². The number of nitrogens with one attached hydrogen (secondary N) is 1. The molecule has 2 N–H and O–H groups in total. The van der Waals surface area contributed by atoms with E-state index in [1.54, 1.807) is 42.7 Å². The van der Waals surface area contributed by atoms with Crippen LogP contribution in [0.1, 0.15) is 51.7 Å². The fourth-order valence-corrected chi connectivity index (χ4v) is 4.26. The molecule has 0 bridgehead atoms. The van der Waals surface area contributed by atoms with Crippen molar-refractivity contribution in [1.29, 1.82) is 5.26 Å². The lowest BCUT2D eigenvalue weighted by Crippen LogP contribution is -2.35. The first-order chi connectivity index (χ1) is 16.0. The molecule has 1 fully saturated rings. The molecule has 0 saturated carbocycles. The Labute approximate surface area is 193 Å². The number of amides is 1. The van der Waals surface area contributed by atoms with Crippen LogP contribution in [0.5, 0.6) is 0 Å². The quantitative estimate of drug-likeness (QED) is 0.584. The van der Waals surface area contributed by atoms with Crippen molar-refractivity contribution in [2.24, 2.45) is 0 Å². The highest BCUT2D eigenvalue weighted by molar-refractivity contribution is 5.94. The minimum absolute atomic E-state index is 0.0244. The van der Waals surface area contributed by atoms with Gasteiger partial charge in [-0.2, -0.15) is 5.26 Å². The first-order valence-electron chi connectivity index (χ1n) is 11.1. The van der Waals surface area contributed by atoms with Crippen LogP contribution in [-0.4, -0.2) is 45.0 Å². The first kappa shape index (κ1) is 22.6. The predicted molar refractivity (Wildman–Crippen MR) is 124 cm³/mol. The van der Waals surface area contributed by atoms with Gasteiger partial charge in [0.15, 0.2) is 0 Å². The molecule has 7 nitrogen and oxygen atoms in total. The van der Waals surface area contributed by atoms with E-state index in [4.69, 9.17) is 5.26 Å². The van der Waals surface area contributed by atoms with Gasteiger partial charge in [-0.05, 0) is 54.7 Å². The normalized spacial score (nSPS) is 18.5. The summed E-state index contributed by atoms with van der Waals surface area (Å²) in [6, 6.07) is 17.2. The summed E-state index contributed by atoms with van der Waals surface area (Å²) >= 11 is 0. The van der Waals surface area contributed by atoms with Gasteiger partial charge in [-0.1, -0.05) is 24.3 Å². The van der Waals surface area contributed by atoms with Gasteiger partial charge in [-0.3, -0.25) is 9.78 Å². The van der Waals surface area contributed by atoms with Gasteiger partial charge in [-0.15, -0.1) is 0 Å². The largest absolute Gasteiger partial charge is 0.387 e. The van der Waals surface area contributed by atoms with Gasteiger partial charge in [0.25, 0.3) is 5.91 Å². The summed E-state index contributed by atoms with van der Waals surface area (Å²) in [7, 11) is 1.79. The fraction of sp³-hybridized carbons (Fsp3) is 0.308. The summed E-state index contributed by atoms with van der Waals surface area (Å²) < 4.78 is 0. The van der Waals surface area contributed by atoms with Crippen LogP contribution in [0.25, 0.3) is 0 Å². The zero-order valence-corrected chi connectivity index (χ0v) is 18.6. The van der Waals surface area contributed by atoms with Crippen molar-refractivity contribution in [3.63, 3.8) is 0 Å². The molecule has 3 heterocycles. The monoisotopic (exact) mass is 441 g/mol. The van der Waals surface area contributed by atoms with E-state index in [0.29, 0.717) is 23.4 Å². The summed E-state index contributed by atoms with van der Waals surface area (Å²) in [5.74, 6) is -0.0244. The molecule has 1 saturated heterocycles. The van der Waals surface area contributed by atoms with Gasteiger partial charge < -0.3 is 15.3 Å². The van der Waals surface area contributed by atoms with Crippen molar-refractivity contribution in [1.82, 2.24) is 20.2 Å². The van der Waals surface area contributed by atoms with Gasteiger partial charge in [0.2, 0.25) is 0 Å². The first-order valence-corrected chi connectivity index (χ1v) is 11.1. The Hall–Kier alpha value is -3.60. The summed E-state index contributed by atoms with van der Waals surface area (Å²) in [5, 5.41) is 23.1. The lowest BCUT2D eigenvalue weighted by Gasteiger charge is -2.20. The van der Waals surface area contributed by atoms with Crippen LogP contribution < -0.4 is 5.32 Å². The second-order valence-corrected chi connectivity index (χ2v) is 8.50. The number of nitriles is 1. The van der Waals surface area contributed by atoms with E-state index in [9.17, 15) is 9.90 Å². The number of aromatic nitrogens is 2. The molecule has 0 aliphatic carbocycles. The Morgan fingerprint density at radius 1 is 1.18 bits per heavy atom. The Bertz CT molecular complexity index is 1110. The minimum atomic E-state index is -0.661. The average molecular weight is 442 g/mol. The van der Waals surface area contributed by atoms with Crippen molar-refractivity contribution >= 4 is 5.91 Å². The van der Waals surface area contributed by atoms with E-state index < -0.39 is 6.10 Å². The lowest BCUT2D eigenvalue weighted by molar-refractivity contribution is 0.0785. The number of carbonyl (C=O) groups is 1. The van der Waals surface area contributed by atoms with Crippen LogP contribution in [0.3, 0.4) is 0 Å². The number of pyridine rings is 2. The van der Waals surface area contributed by atoms with E-state index >= 15 is 0 Å². The maximum Gasteiger partial charge on any atom is 0.253 e. The van der Waals surface area contributed by atoms with Crippen LogP contribution in [0, 0.1) is 11.3 Å². The van der Waals surface area contributed by atoms with Gasteiger partial charge in [0.1, 0.15) is 11.8 Å². The molecule has 1 unspecified atom stereocenters. The molecule has 7 heteroatoms. The number of benzene rings is 1. The fourth-order valence-electron chi connectivity index (χ4n) is 4.26. The topological polar surface area (TPSA) is 102 Å². The number of aliphatic hydroxyl groups is 1. The molecule has 4 rings (SSSR count). The Balaban J connectivity index is 1.31. The van der Waals surface area contributed by atoms with Gasteiger partial charge in [-0.25, -0.2) is 4.98 Å². The highest BCUT2D eigenvalue weighted by Crippen LogP contribution is 2.26. The maximum atomic E-state index is 12.7. The van der Waals surface area contributed by atoms with Crippen LogP contribution in [0.4, 0.5) is 0 Å². The summed E-state index contributed by atoms with van der Waals surface area (Å²) in [6.07, 6.45) is 7.04. The number of hydrogen-bond acceptors (Lipinski definition) is 6. The van der Waals surface area contributed by atoms with Gasteiger partial charge in [0.05, 0.1) is 6.10 Å². The highest BCUT2D eigenvalue weighted by Gasteiger charge is 2.30. The molecule has 0 spiro atoms.